The Hall–Kier alpha value is -1.01. The van der Waals surface area contributed by atoms with Crippen LogP contribution in [0.3, 0.4) is 0 Å². The SMILES string of the molecule is CSCC(C)N(C)c1nc(C(C)(C)C)nc(NN)c1C. The van der Waals surface area contributed by atoms with E-state index < -0.39 is 0 Å². The summed E-state index contributed by atoms with van der Waals surface area (Å²) in [6.07, 6.45) is 2.12. The Morgan fingerprint density at radius 1 is 1.35 bits per heavy atom. The highest BCUT2D eigenvalue weighted by molar-refractivity contribution is 7.98. The molecule has 6 heteroatoms. The molecule has 0 aliphatic rings. The smallest absolute Gasteiger partial charge is 0.148 e. The van der Waals surface area contributed by atoms with Gasteiger partial charge < -0.3 is 10.3 Å². The maximum atomic E-state index is 5.60. The molecule has 3 N–H and O–H groups in total. The molecule has 114 valence electrons. The van der Waals surface area contributed by atoms with Crippen LogP contribution in [0.15, 0.2) is 0 Å². The second-order valence-corrected chi connectivity index (χ2v) is 7.06. The second kappa shape index (κ2) is 6.63. The summed E-state index contributed by atoms with van der Waals surface area (Å²) in [5.41, 5.74) is 3.56. The molecule has 0 amide bonds. The number of nitrogen functional groups attached to an aromatic ring is 1. The van der Waals surface area contributed by atoms with Gasteiger partial charge in [-0.3, -0.25) is 0 Å². The van der Waals surface area contributed by atoms with Crippen LogP contribution < -0.4 is 16.2 Å². The molecule has 20 heavy (non-hydrogen) atoms. The number of hydrogen-bond donors (Lipinski definition) is 2. The van der Waals surface area contributed by atoms with E-state index in [0.717, 1.165) is 23.0 Å². The first-order valence-corrected chi connectivity index (χ1v) is 8.19. The fourth-order valence-corrected chi connectivity index (χ4v) is 2.59. The van der Waals surface area contributed by atoms with Crippen molar-refractivity contribution in [1.29, 1.82) is 0 Å². The van der Waals surface area contributed by atoms with Gasteiger partial charge in [-0.25, -0.2) is 15.8 Å². The molecule has 1 heterocycles. The number of nitrogens with one attached hydrogen (secondary N) is 1. The summed E-state index contributed by atoms with van der Waals surface area (Å²) in [5, 5.41) is 0. The fourth-order valence-electron chi connectivity index (χ4n) is 1.89. The summed E-state index contributed by atoms with van der Waals surface area (Å²) in [7, 11) is 2.07. The molecule has 0 bridgehead atoms. The lowest BCUT2D eigenvalue weighted by Crippen LogP contribution is -2.33. The summed E-state index contributed by atoms with van der Waals surface area (Å²) in [4.78, 5) is 11.5. The maximum Gasteiger partial charge on any atom is 0.148 e. The zero-order valence-electron chi connectivity index (χ0n) is 13.6. The van der Waals surface area contributed by atoms with Gasteiger partial charge >= 0.3 is 0 Å². The topological polar surface area (TPSA) is 67.1 Å². The van der Waals surface area contributed by atoms with Crippen molar-refractivity contribution < 1.29 is 0 Å². The Morgan fingerprint density at radius 3 is 2.40 bits per heavy atom. The lowest BCUT2D eigenvalue weighted by molar-refractivity contribution is 0.543. The van der Waals surface area contributed by atoms with E-state index in [4.69, 9.17) is 10.8 Å². The van der Waals surface area contributed by atoms with Gasteiger partial charge in [0.1, 0.15) is 17.5 Å². The summed E-state index contributed by atoms with van der Waals surface area (Å²) in [5.74, 6) is 9.10. The van der Waals surface area contributed by atoms with E-state index in [1.807, 2.05) is 18.7 Å². The second-order valence-electron chi connectivity index (χ2n) is 6.15. The molecule has 0 saturated heterocycles. The molecule has 1 aromatic heterocycles. The van der Waals surface area contributed by atoms with Gasteiger partial charge in [-0.05, 0) is 20.1 Å². The number of nitrogens with zero attached hydrogens (tertiary/aromatic N) is 3. The van der Waals surface area contributed by atoms with Crippen molar-refractivity contribution in [2.75, 3.05) is 29.4 Å². The minimum absolute atomic E-state index is 0.113. The molecular weight excluding hydrogens is 270 g/mol. The molecule has 1 atom stereocenters. The zero-order chi connectivity index (χ0) is 15.5. The summed E-state index contributed by atoms with van der Waals surface area (Å²) in [6, 6.07) is 0.400. The number of aromatic nitrogens is 2. The van der Waals surface area contributed by atoms with Gasteiger partial charge in [-0.1, -0.05) is 20.8 Å². The third-order valence-electron chi connectivity index (χ3n) is 3.33. The quantitative estimate of drug-likeness (QED) is 0.643. The average Bonchev–Trinajstić information content (AvgIpc) is 2.37. The molecule has 1 aromatic rings. The van der Waals surface area contributed by atoms with Gasteiger partial charge in [0, 0.05) is 29.8 Å². The molecule has 0 saturated carbocycles. The van der Waals surface area contributed by atoms with Gasteiger partial charge in [0.15, 0.2) is 0 Å². The molecule has 5 nitrogen and oxygen atoms in total. The van der Waals surface area contributed by atoms with Gasteiger partial charge in [-0.15, -0.1) is 0 Å². The van der Waals surface area contributed by atoms with E-state index >= 15 is 0 Å². The number of hydrazine groups is 1. The Balaban J connectivity index is 3.30. The predicted molar refractivity (Wildman–Crippen MR) is 89.5 cm³/mol. The summed E-state index contributed by atoms with van der Waals surface area (Å²) >= 11 is 1.83. The van der Waals surface area contributed by atoms with Crippen LogP contribution in [-0.2, 0) is 5.41 Å². The standard InChI is InChI=1S/C14H27N5S/c1-9(8-20-7)19(6)12-10(2)11(18-15)16-13(17-12)14(3,4)5/h9H,8,15H2,1-7H3,(H,16,17,18). The first-order chi connectivity index (χ1) is 9.22. The lowest BCUT2D eigenvalue weighted by Gasteiger charge is -2.29. The average molecular weight is 297 g/mol. The van der Waals surface area contributed by atoms with E-state index in [1.165, 1.54) is 0 Å². The minimum Gasteiger partial charge on any atom is -0.356 e. The van der Waals surface area contributed by atoms with Crippen molar-refractivity contribution in [3.8, 4) is 0 Å². The molecule has 0 radical (unpaired) electrons. The van der Waals surface area contributed by atoms with Crippen molar-refractivity contribution >= 4 is 23.4 Å². The Bertz CT molecular complexity index is 456. The van der Waals surface area contributed by atoms with Gasteiger partial charge in [0.05, 0.1) is 0 Å². The highest BCUT2D eigenvalue weighted by atomic mass is 32.2. The Kier molecular flexibility index (Phi) is 5.65. The normalized spacial score (nSPS) is 13.2. The van der Waals surface area contributed by atoms with Crippen LogP contribution in [-0.4, -0.2) is 35.1 Å². The van der Waals surface area contributed by atoms with Crippen LogP contribution in [0.2, 0.25) is 0 Å². The summed E-state index contributed by atoms with van der Waals surface area (Å²) < 4.78 is 0. The number of nitrogens with two attached hydrogens (primary N) is 1. The minimum atomic E-state index is -0.113. The molecule has 0 aliphatic carbocycles. The molecule has 1 rings (SSSR count). The Morgan fingerprint density at radius 2 is 1.95 bits per heavy atom. The van der Waals surface area contributed by atoms with E-state index in [-0.39, 0.29) is 5.41 Å². The third-order valence-corrected chi connectivity index (χ3v) is 4.15. The third kappa shape index (κ3) is 3.76. The number of anilines is 2. The van der Waals surface area contributed by atoms with E-state index in [2.05, 4.69) is 56.3 Å². The van der Waals surface area contributed by atoms with Crippen LogP contribution >= 0.6 is 11.8 Å². The van der Waals surface area contributed by atoms with Crippen LogP contribution in [0.25, 0.3) is 0 Å². The molecular formula is C14H27N5S. The van der Waals surface area contributed by atoms with Gasteiger partial charge in [0.25, 0.3) is 0 Å². The van der Waals surface area contributed by atoms with Gasteiger partial charge in [-0.2, -0.15) is 11.8 Å². The van der Waals surface area contributed by atoms with Crippen LogP contribution in [0.1, 0.15) is 39.1 Å². The number of thioether (sulfide) groups is 1. The monoisotopic (exact) mass is 297 g/mol. The highest BCUT2D eigenvalue weighted by Gasteiger charge is 2.23. The summed E-state index contributed by atoms with van der Waals surface area (Å²) in [6.45, 7) is 10.5. The molecule has 1 unspecified atom stereocenters. The van der Waals surface area contributed by atoms with Crippen molar-refractivity contribution in [2.24, 2.45) is 5.84 Å². The van der Waals surface area contributed by atoms with E-state index in [1.54, 1.807) is 0 Å². The zero-order valence-corrected chi connectivity index (χ0v) is 14.4. The van der Waals surface area contributed by atoms with Crippen molar-refractivity contribution in [2.45, 2.75) is 46.1 Å². The maximum absolute atomic E-state index is 5.60. The predicted octanol–water partition coefficient (Wildman–Crippen LogP) is 2.56. The van der Waals surface area contributed by atoms with Crippen LogP contribution in [0.5, 0.6) is 0 Å². The highest BCUT2D eigenvalue weighted by Crippen LogP contribution is 2.28. The Labute approximate surface area is 126 Å². The molecule has 0 aliphatic heterocycles. The lowest BCUT2D eigenvalue weighted by atomic mass is 9.95. The first-order valence-electron chi connectivity index (χ1n) is 6.79. The van der Waals surface area contributed by atoms with Crippen LogP contribution in [0, 0.1) is 6.92 Å². The van der Waals surface area contributed by atoms with E-state index in [9.17, 15) is 0 Å². The van der Waals surface area contributed by atoms with Crippen molar-refractivity contribution in [3.63, 3.8) is 0 Å². The van der Waals surface area contributed by atoms with E-state index in [0.29, 0.717) is 11.9 Å². The fraction of sp³-hybridized carbons (Fsp3) is 0.714. The largest absolute Gasteiger partial charge is 0.356 e. The van der Waals surface area contributed by atoms with Crippen LogP contribution in [0.4, 0.5) is 11.6 Å². The molecule has 0 spiro atoms. The van der Waals surface area contributed by atoms with Gasteiger partial charge in [0.2, 0.25) is 0 Å². The molecule has 0 aromatic carbocycles. The number of hydrogen-bond acceptors (Lipinski definition) is 6. The van der Waals surface area contributed by atoms with Crippen molar-refractivity contribution in [3.05, 3.63) is 11.4 Å². The number of rotatable bonds is 5. The first kappa shape index (κ1) is 17.0. The molecule has 0 fully saturated rings. The van der Waals surface area contributed by atoms with Crippen molar-refractivity contribution in [1.82, 2.24) is 9.97 Å².